The van der Waals surface area contributed by atoms with E-state index in [1.165, 1.54) is 18.0 Å². The lowest BCUT2D eigenvalue weighted by Gasteiger charge is -2.16. The highest BCUT2D eigenvalue weighted by Crippen LogP contribution is 2.23. The first-order valence-electron chi connectivity index (χ1n) is 7.10. The fraction of sp³-hybridized carbons (Fsp3) is 0.188. The third-order valence-corrected chi connectivity index (χ3v) is 4.27. The van der Waals surface area contributed by atoms with E-state index in [2.05, 4.69) is 10.2 Å². The van der Waals surface area contributed by atoms with Crippen molar-refractivity contribution in [2.75, 3.05) is 12.8 Å². The zero-order valence-electron chi connectivity index (χ0n) is 12.8. The molecule has 1 aromatic carbocycles. The van der Waals surface area contributed by atoms with Crippen molar-refractivity contribution in [2.24, 2.45) is 0 Å². The van der Waals surface area contributed by atoms with E-state index < -0.39 is 0 Å². The van der Waals surface area contributed by atoms with Crippen LogP contribution in [0.15, 0.2) is 56.7 Å². The van der Waals surface area contributed by atoms with Crippen molar-refractivity contribution in [1.29, 1.82) is 0 Å². The number of aromatic nitrogens is 2. The predicted molar refractivity (Wildman–Crippen MR) is 90.7 cm³/mol. The molecule has 0 aliphatic rings. The normalized spacial score (nSPS) is 10.8. The van der Waals surface area contributed by atoms with Gasteiger partial charge in [0.05, 0.1) is 12.0 Å². The maximum atomic E-state index is 12.2. The van der Waals surface area contributed by atoms with Gasteiger partial charge in [0, 0.05) is 18.6 Å². The van der Waals surface area contributed by atoms with Crippen molar-refractivity contribution in [1.82, 2.24) is 15.1 Å². The number of halogens is 1. The highest BCUT2D eigenvalue weighted by molar-refractivity contribution is 7.99. The van der Waals surface area contributed by atoms with Gasteiger partial charge in [0.25, 0.3) is 11.1 Å². The Balaban J connectivity index is 1.52. The summed E-state index contributed by atoms with van der Waals surface area (Å²) >= 11 is 7.05. The molecule has 0 saturated heterocycles. The fourth-order valence-corrected chi connectivity index (χ4v) is 2.78. The molecule has 0 radical (unpaired) electrons. The molecule has 24 heavy (non-hydrogen) atoms. The van der Waals surface area contributed by atoms with Gasteiger partial charge < -0.3 is 13.7 Å². The zero-order valence-corrected chi connectivity index (χ0v) is 14.4. The van der Waals surface area contributed by atoms with Gasteiger partial charge in [0.15, 0.2) is 5.76 Å². The maximum absolute atomic E-state index is 12.2. The number of nitrogens with zero attached hydrogens (tertiary/aromatic N) is 3. The van der Waals surface area contributed by atoms with Crippen LogP contribution in [0.4, 0.5) is 0 Å². The summed E-state index contributed by atoms with van der Waals surface area (Å²) in [6.45, 7) is 0.512. The lowest BCUT2D eigenvalue weighted by atomic mass is 10.2. The molecule has 3 rings (SSSR count). The molecule has 0 aliphatic carbocycles. The van der Waals surface area contributed by atoms with Crippen LogP contribution in [0.5, 0.6) is 0 Å². The minimum absolute atomic E-state index is 0.0345. The van der Waals surface area contributed by atoms with Gasteiger partial charge in [0.2, 0.25) is 5.91 Å². The topological polar surface area (TPSA) is 72.4 Å². The molecule has 0 N–H and O–H groups in total. The van der Waals surface area contributed by atoms with Crippen LogP contribution >= 0.6 is 23.4 Å². The SMILES string of the molecule is CN(Cc1ccc(Cl)cc1)C(=O)CSc1nnc(-c2ccco2)o1. The zero-order chi connectivity index (χ0) is 16.9. The van der Waals surface area contributed by atoms with E-state index in [-0.39, 0.29) is 11.7 Å². The Morgan fingerprint density at radius 2 is 2.04 bits per heavy atom. The van der Waals surface area contributed by atoms with E-state index in [4.69, 9.17) is 20.4 Å². The minimum atomic E-state index is -0.0345. The van der Waals surface area contributed by atoms with E-state index in [0.717, 1.165) is 5.56 Å². The predicted octanol–water partition coefficient (Wildman–Crippen LogP) is 3.73. The molecule has 0 spiro atoms. The number of carbonyl (C=O) groups excluding carboxylic acids is 1. The van der Waals surface area contributed by atoms with Gasteiger partial charge in [0.1, 0.15) is 0 Å². The summed E-state index contributed by atoms with van der Waals surface area (Å²) in [7, 11) is 1.75. The van der Waals surface area contributed by atoms with Crippen LogP contribution in [0.2, 0.25) is 5.02 Å². The molecule has 0 saturated carbocycles. The van der Waals surface area contributed by atoms with Crippen LogP contribution < -0.4 is 0 Å². The third kappa shape index (κ3) is 4.18. The van der Waals surface area contributed by atoms with Gasteiger partial charge in [-0.2, -0.15) is 0 Å². The quantitative estimate of drug-likeness (QED) is 0.621. The second kappa shape index (κ2) is 7.55. The van der Waals surface area contributed by atoms with Crippen molar-refractivity contribution >= 4 is 29.3 Å². The first kappa shape index (κ1) is 16.6. The number of thioether (sulfide) groups is 1. The second-order valence-corrected chi connectivity index (χ2v) is 6.38. The lowest BCUT2D eigenvalue weighted by molar-refractivity contribution is -0.127. The number of amides is 1. The van der Waals surface area contributed by atoms with Gasteiger partial charge in [-0.25, -0.2) is 0 Å². The van der Waals surface area contributed by atoms with Crippen LogP contribution in [-0.4, -0.2) is 33.8 Å². The van der Waals surface area contributed by atoms with Crippen LogP contribution in [0.3, 0.4) is 0 Å². The standard InChI is InChI=1S/C16H14ClN3O3S/c1-20(9-11-4-6-12(17)7-5-11)14(21)10-24-16-19-18-15(23-16)13-3-2-8-22-13/h2-8H,9-10H2,1H3. The number of benzene rings is 1. The summed E-state index contributed by atoms with van der Waals surface area (Å²) in [6, 6.07) is 10.9. The molecular weight excluding hydrogens is 350 g/mol. The van der Waals surface area contributed by atoms with Crippen LogP contribution in [0.1, 0.15) is 5.56 Å². The number of hydrogen-bond acceptors (Lipinski definition) is 6. The summed E-state index contributed by atoms with van der Waals surface area (Å²) in [6.07, 6.45) is 1.53. The minimum Gasteiger partial charge on any atom is -0.459 e. The van der Waals surface area contributed by atoms with Gasteiger partial charge in [-0.15, -0.1) is 10.2 Å². The molecule has 0 atom stereocenters. The summed E-state index contributed by atoms with van der Waals surface area (Å²) in [5, 5.41) is 8.79. The number of hydrogen-bond donors (Lipinski definition) is 0. The average Bonchev–Trinajstić information content (AvgIpc) is 3.25. The third-order valence-electron chi connectivity index (χ3n) is 3.22. The molecule has 1 amide bonds. The Morgan fingerprint density at radius 1 is 1.25 bits per heavy atom. The summed E-state index contributed by atoms with van der Waals surface area (Å²) in [4.78, 5) is 13.8. The van der Waals surface area contributed by atoms with E-state index >= 15 is 0 Å². The average molecular weight is 364 g/mol. The first-order valence-corrected chi connectivity index (χ1v) is 8.47. The van der Waals surface area contributed by atoms with Crippen LogP contribution in [0, 0.1) is 0 Å². The molecule has 0 unspecified atom stereocenters. The number of furan rings is 1. The van der Waals surface area contributed by atoms with Gasteiger partial charge in [-0.3, -0.25) is 4.79 Å². The molecular formula is C16H14ClN3O3S. The molecule has 2 aromatic heterocycles. The van der Waals surface area contributed by atoms with Gasteiger partial charge in [-0.1, -0.05) is 35.5 Å². The first-order chi connectivity index (χ1) is 11.6. The molecule has 0 fully saturated rings. The summed E-state index contributed by atoms with van der Waals surface area (Å²) < 4.78 is 10.6. The molecule has 6 nitrogen and oxygen atoms in total. The number of carbonyl (C=O) groups is 1. The summed E-state index contributed by atoms with van der Waals surface area (Å²) in [5.41, 5.74) is 1.01. The Labute approximate surface area is 147 Å². The molecule has 124 valence electrons. The van der Waals surface area contributed by atoms with E-state index in [1.54, 1.807) is 36.2 Å². The molecule has 2 heterocycles. The smallest absolute Gasteiger partial charge is 0.284 e. The number of rotatable bonds is 6. The monoisotopic (exact) mass is 363 g/mol. The largest absolute Gasteiger partial charge is 0.459 e. The van der Waals surface area contributed by atoms with Crippen molar-refractivity contribution in [3.05, 3.63) is 53.2 Å². The van der Waals surface area contributed by atoms with E-state index in [1.807, 2.05) is 12.1 Å². The molecule has 0 aliphatic heterocycles. The summed E-state index contributed by atoms with van der Waals surface area (Å²) in [5.74, 6) is 0.974. The van der Waals surface area contributed by atoms with Crippen molar-refractivity contribution < 1.29 is 13.6 Å². The van der Waals surface area contributed by atoms with Gasteiger partial charge in [-0.05, 0) is 29.8 Å². The van der Waals surface area contributed by atoms with Crippen molar-refractivity contribution in [3.8, 4) is 11.7 Å². The molecule has 8 heteroatoms. The lowest BCUT2D eigenvalue weighted by Crippen LogP contribution is -2.27. The van der Waals surface area contributed by atoms with Gasteiger partial charge >= 0.3 is 0 Å². The van der Waals surface area contributed by atoms with E-state index in [0.29, 0.717) is 28.4 Å². The Morgan fingerprint density at radius 3 is 2.75 bits per heavy atom. The van der Waals surface area contributed by atoms with E-state index in [9.17, 15) is 4.79 Å². The van der Waals surface area contributed by atoms with Crippen LogP contribution in [-0.2, 0) is 11.3 Å². The second-order valence-electron chi connectivity index (χ2n) is 5.02. The molecule has 3 aromatic rings. The Hall–Kier alpha value is -2.25. The highest BCUT2D eigenvalue weighted by atomic mass is 35.5. The maximum Gasteiger partial charge on any atom is 0.284 e. The molecule has 0 bridgehead atoms. The van der Waals surface area contributed by atoms with Crippen molar-refractivity contribution in [3.63, 3.8) is 0 Å². The van der Waals surface area contributed by atoms with Crippen LogP contribution in [0.25, 0.3) is 11.7 Å². The Kier molecular flexibility index (Phi) is 5.22. The van der Waals surface area contributed by atoms with Crippen molar-refractivity contribution in [2.45, 2.75) is 11.8 Å². The highest BCUT2D eigenvalue weighted by Gasteiger charge is 2.15. The fourth-order valence-electron chi connectivity index (χ4n) is 1.95. The Bertz CT molecular complexity index is 802.